The number of rotatable bonds is 7. The second-order valence-electron chi connectivity index (χ2n) is 6.69. The van der Waals surface area contributed by atoms with Gasteiger partial charge in [-0.2, -0.15) is 0 Å². The second-order valence-corrected chi connectivity index (χ2v) is 6.69. The molecule has 28 heavy (non-hydrogen) atoms. The highest BCUT2D eigenvalue weighted by molar-refractivity contribution is 6.43. The van der Waals surface area contributed by atoms with E-state index in [1.165, 1.54) is 38.4 Å². The van der Waals surface area contributed by atoms with Crippen molar-refractivity contribution in [3.63, 3.8) is 0 Å². The third kappa shape index (κ3) is 4.21. The fourth-order valence-electron chi connectivity index (χ4n) is 3.43. The molecule has 1 N–H and O–H groups in total. The maximum atomic E-state index is 13.1. The van der Waals surface area contributed by atoms with Crippen molar-refractivity contribution in [2.45, 2.75) is 45.2 Å². The highest BCUT2D eigenvalue weighted by atomic mass is 16.5. The average molecular weight is 392 g/mol. The van der Waals surface area contributed by atoms with Crippen molar-refractivity contribution < 1.29 is 28.6 Å². The fourth-order valence-corrected chi connectivity index (χ4v) is 3.43. The molecule has 0 spiro atoms. The minimum absolute atomic E-state index is 0.117. The summed E-state index contributed by atoms with van der Waals surface area (Å²) in [6.07, 6.45) is 1.79. The van der Waals surface area contributed by atoms with Gasteiger partial charge in [-0.15, -0.1) is 0 Å². The minimum Gasteiger partial charge on any atom is -0.493 e. The van der Waals surface area contributed by atoms with Crippen LogP contribution in [0.2, 0.25) is 0 Å². The molecule has 1 saturated heterocycles. The third-order valence-corrected chi connectivity index (χ3v) is 4.89. The van der Waals surface area contributed by atoms with Crippen molar-refractivity contribution >= 4 is 17.6 Å². The molecule has 1 aliphatic heterocycles. The number of nitrogens with zero attached hydrogens (tertiary/aromatic N) is 1. The maximum Gasteiger partial charge on any atom is 0.295 e. The van der Waals surface area contributed by atoms with Gasteiger partial charge in [-0.1, -0.05) is 13.3 Å². The summed E-state index contributed by atoms with van der Waals surface area (Å²) in [5.41, 5.74) is 0.117. The van der Waals surface area contributed by atoms with Crippen LogP contribution in [0.5, 0.6) is 17.2 Å². The molecule has 0 bridgehead atoms. The smallest absolute Gasteiger partial charge is 0.295 e. The number of Topliss-reactive ketones (excluding diaryl/α,β-unsaturated/α-hetero) is 1. The highest BCUT2D eigenvalue weighted by Crippen LogP contribution is 2.38. The van der Waals surface area contributed by atoms with E-state index in [9.17, 15) is 14.4 Å². The summed E-state index contributed by atoms with van der Waals surface area (Å²) >= 11 is 0. The van der Waals surface area contributed by atoms with E-state index in [2.05, 4.69) is 5.32 Å². The van der Waals surface area contributed by atoms with E-state index in [-0.39, 0.29) is 29.0 Å². The third-order valence-electron chi connectivity index (χ3n) is 4.89. The van der Waals surface area contributed by atoms with Gasteiger partial charge in [-0.05, 0) is 31.9 Å². The molecule has 1 heterocycles. The first-order chi connectivity index (χ1) is 13.4. The maximum absolute atomic E-state index is 13.1. The molecule has 1 aromatic carbocycles. The number of nitrogens with one attached hydrogen (secondary N) is 1. The van der Waals surface area contributed by atoms with Crippen LogP contribution in [0.25, 0.3) is 0 Å². The van der Waals surface area contributed by atoms with Gasteiger partial charge >= 0.3 is 0 Å². The number of hydrogen-bond acceptors (Lipinski definition) is 6. The monoisotopic (exact) mass is 392 g/mol. The van der Waals surface area contributed by atoms with Gasteiger partial charge in [0.25, 0.3) is 11.7 Å². The van der Waals surface area contributed by atoms with Crippen LogP contribution in [0.4, 0.5) is 0 Å². The lowest BCUT2D eigenvalue weighted by Crippen LogP contribution is -2.52. The van der Waals surface area contributed by atoms with E-state index >= 15 is 0 Å². The summed E-state index contributed by atoms with van der Waals surface area (Å²) in [6, 6.07) is 1.98. The predicted octanol–water partition coefficient (Wildman–Crippen LogP) is 1.80. The first-order valence-corrected chi connectivity index (χ1v) is 9.34. The Kier molecular flexibility index (Phi) is 7.25. The molecular weight excluding hydrogens is 364 g/mol. The van der Waals surface area contributed by atoms with Crippen LogP contribution in [-0.4, -0.2) is 62.5 Å². The molecule has 2 unspecified atom stereocenters. The first kappa shape index (κ1) is 21.5. The Morgan fingerprint density at radius 1 is 1.14 bits per heavy atom. The Morgan fingerprint density at radius 2 is 1.75 bits per heavy atom. The summed E-state index contributed by atoms with van der Waals surface area (Å²) in [5, 5.41) is 2.82. The van der Waals surface area contributed by atoms with Gasteiger partial charge in [0.15, 0.2) is 11.5 Å². The van der Waals surface area contributed by atoms with Crippen molar-refractivity contribution in [3.05, 3.63) is 17.7 Å². The van der Waals surface area contributed by atoms with Crippen LogP contribution in [0.3, 0.4) is 0 Å². The normalized spacial score (nSPS) is 19.5. The molecule has 154 valence electrons. The van der Waals surface area contributed by atoms with Gasteiger partial charge < -0.3 is 24.4 Å². The van der Waals surface area contributed by atoms with Crippen LogP contribution >= 0.6 is 0 Å². The largest absolute Gasteiger partial charge is 0.493 e. The van der Waals surface area contributed by atoms with E-state index < -0.39 is 17.7 Å². The Bertz CT molecular complexity index is 723. The number of ketones is 1. The lowest BCUT2D eigenvalue weighted by atomic mass is 10.0. The Labute approximate surface area is 165 Å². The van der Waals surface area contributed by atoms with E-state index in [1.807, 2.05) is 13.8 Å². The lowest BCUT2D eigenvalue weighted by Gasteiger charge is -2.32. The molecule has 1 aliphatic rings. The van der Waals surface area contributed by atoms with Gasteiger partial charge in [0, 0.05) is 18.2 Å². The van der Waals surface area contributed by atoms with Gasteiger partial charge in [0.1, 0.15) is 6.04 Å². The SMILES string of the molecule is CCCC1C(=O)NCCC(C)N1C(=O)C(=O)c1cc(OC)c(OC)c(OC)c1. The summed E-state index contributed by atoms with van der Waals surface area (Å²) in [5.74, 6) is -0.758. The van der Waals surface area contributed by atoms with E-state index in [0.717, 1.165) is 0 Å². The van der Waals surface area contributed by atoms with Crippen LogP contribution in [0.1, 0.15) is 43.5 Å². The minimum atomic E-state index is -0.720. The molecule has 8 heteroatoms. The number of ether oxygens (including phenoxy) is 3. The Morgan fingerprint density at radius 3 is 2.25 bits per heavy atom. The molecule has 0 radical (unpaired) electrons. The topological polar surface area (TPSA) is 94.2 Å². The standard InChI is InChI=1S/C20H28N2O6/c1-6-7-14-19(24)21-9-8-12(2)22(14)20(25)17(23)13-10-15(26-3)18(28-5)16(11-13)27-4/h10-12,14H,6-9H2,1-5H3,(H,21,24). The van der Waals surface area contributed by atoms with Crippen LogP contribution in [-0.2, 0) is 9.59 Å². The quantitative estimate of drug-likeness (QED) is 0.562. The number of amides is 2. The van der Waals surface area contributed by atoms with Gasteiger partial charge in [-0.25, -0.2) is 0 Å². The van der Waals surface area contributed by atoms with E-state index in [4.69, 9.17) is 14.2 Å². The van der Waals surface area contributed by atoms with Gasteiger partial charge in [0.2, 0.25) is 11.7 Å². The fraction of sp³-hybridized carbons (Fsp3) is 0.550. The second kappa shape index (κ2) is 9.43. The van der Waals surface area contributed by atoms with E-state index in [0.29, 0.717) is 31.6 Å². The Balaban J connectivity index is 2.43. The molecule has 1 aromatic rings. The van der Waals surface area contributed by atoms with Crippen molar-refractivity contribution in [1.29, 1.82) is 0 Å². The zero-order valence-corrected chi connectivity index (χ0v) is 17.0. The van der Waals surface area contributed by atoms with Crippen molar-refractivity contribution in [2.24, 2.45) is 0 Å². The average Bonchev–Trinajstić information content (AvgIpc) is 2.84. The molecular formula is C20H28N2O6. The van der Waals surface area contributed by atoms with Crippen molar-refractivity contribution in [1.82, 2.24) is 10.2 Å². The molecule has 0 aromatic heterocycles. The molecule has 2 amide bonds. The van der Waals surface area contributed by atoms with Crippen molar-refractivity contribution in [2.75, 3.05) is 27.9 Å². The van der Waals surface area contributed by atoms with Crippen LogP contribution < -0.4 is 19.5 Å². The molecule has 2 rings (SSSR count). The molecule has 1 fully saturated rings. The summed E-state index contributed by atoms with van der Waals surface area (Å²) in [6.45, 7) is 4.26. The number of carbonyl (C=O) groups excluding carboxylic acids is 3. The van der Waals surface area contributed by atoms with Crippen molar-refractivity contribution in [3.8, 4) is 17.2 Å². The van der Waals surface area contributed by atoms with Crippen LogP contribution in [0, 0.1) is 0 Å². The number of hydrogen-bond donors (Lipinski definition) is 1. The van der Waals surface area contributed by atoms with E-state index in [1.54, 1.807) is 0 Å². The Hall–Kier alpha value is -2.77. The number of benzene rings is 1. The van der Waals surface area contributed by atoms with Crippen LogP contribution in [0.15, 0.2) is 12.1 Å². The zero-order valence-electron chi connectivity index (χ0n) is 17.0. The lowest BCUT2D eigenvalue weighted by molar-refractivity contribution is -0.138. The predicted molar refractivity (Wildman–Crippen MR) is 103 cm³/mol. The number of carbonyl (C=O) groups is 3. The molecule has 0 saturated carbocycles. The summed E-state index contributed by atoms with van der Waals surface area (Å²) in [7, 11) is 4.33. The zero-order chi connectivity index (χ0) is 20.8. The van der Waals surface area contributed by atoms with Gasteiger partial charge in [0.05, 0.1) is 21.3 Å². The summed E-state index contributed by atoms with van der Waals surface area (Å²) < 4.78 is 15.8. The van der Waals surface area contributed by atoms with Gasteiger partial charge in [-0.3, -0.25) is 14.4 Å². The molecule has 8 nitrogen and oxygen atoms in total. The first-order valence-electron chi connectivity index (χ1n) is 9.34. The summed E-state index contributed by atoms with van der Waals surface area (Å²) in [4.78, 5) is 40.0. The highest BCUT2D eigenvalue weighted by Gasteiger charge is 2.38. The molecule has 0 aliphatic carbocycles. The molecule has 2 atom stereocenters. The number of methoxy groups -OCH3 is 3.